The SMILES string of the molecule is CN(C)c1ccc(CNC(=O)C(=O)C2CCCCOCCOCc3ccccc3C(=O)N2)cc1. The van der Waals surface area contributed by atoms with Crippen LogP contribution in [0.3, 0.4) is 0 Å². The predicted octanol–water partition coefficient (Wildman–Crippen LogP) is 2.45. The van der Waals surface area contributed by atoms with Crippen molar-refractivity contribution in [3.8, 4) is 0 Å². The first-order valence-corrected chi connectivity index (χ1v) is 11.6. The number of benzene rings is 2. The van der Waals surface area contributed by atoms with E-state index in [0.29, 0.717) is 43.8 Å². The summed E-state index contributed by atoms with van der Waals surface area (Å²) in [6.45, 7) is 1.93. The van der Waals surface area contributed by atoms with Gasteiger partial charge in [-0.2, -0.15) is 0 Å². The topological polar surface area (TPSA) is 97.0 Å². The lowest BCUT2D eigenvalue weighted by Gasteiger charge is -2.19. The van der Waals surface area contributed by atoms with E-state index in [0.717, 1.165) is 17.7 Å². The first kappa shape index (κ1) is 25.4. The van der Waals surface area contributed by atoms with Gasteiger partial charge in [-0.05, 0) is 48.6 Å². The van der Waals surface area contributed by atoms with Crippen molar-refractivity contribution in [2.75, 3.05) is 38.8 Å². The molecule has 0 bridgehead atoms. The number of hydrogen-bond donors (Lipinski definition) is 2. The number of nitrogens with zero attached hydrogens (tertiary/aromatic N) is 1. The maximum absolute atomic E-state index is 13.0. The predicted molar refractivity (Wildman–Crippen MR) is 130 cm³/mol. The van der Waals surface area contributed by atoms with Crippen LogP contribution >= 0.6 is 0 Å². The zero-order valence-corrected chi connectivity index (χ0v) is 19.8. The molecule has 0 spiro atoms. The summed E-state index contributed by atoms with van der Waals surface area (Å²) in [6.07, 6.45) is 1.71. The molecule has 1 heterocycles. The van der Waals surface area contributed by atoms with Gasteiger partial charge >= 0.3 is 0 Å². The zero-order valence-electron chi connectivity index (χ0n) is 19.8. The van der Waals surface area contributed by atoms with Gasteiger partial charge in [0, 0.05) is 38.5 Å². The van der Waals surface area contributed by atoms with Crippen LogP contribution < -0.4 is 15.5 Å². The third kappa shape index (κ3) is 7.40. The van der Waals surface area contributed by atoms with Crippen LogP contribution in [0.15, 0.2) is 48.5 Å². The minimum Gasteiger partial charge on any atom is -0.379 e. The summed E-state index contributed by atoms with van der Waals surface area (Å²) in [5.74, 6) is -1.76. The summed E-state index contributed by atoms with van der Waals surface area (Å²) in [6, 6.07) is 13.9. The second-order valence-corrected chi connectivity index (χ2v) is 8.45. The lowest BCUT2D eigenvalue weighted by atomic mass is 10.0. The molecule has 1 atom stereocenters. The highest BCUT2D eigenvalue weighted by molar-refractivity contribution is 6.38. The van der Waals surface area contributed by atoms with E-state index in [4.69, 9.17) is 9.47 Å². The molecule has 1 aliphatic rings. The van der Waals surface area contributed by atoms with Crippen molar-refractivity contribution < 1.29 is 23.9 Å². The third-order valence-corrected chi connectivity index (χ3v) is 5.67. The molecule has 0 aromatic heterocycles. The quantitative estimate of drug-likeness (QED) is 0.656. The maximum Gasteiger partial charge on any atom is 0.289 e. The number of ether oxygens (including phenoxy) is 2. The van der Waals surface area contributed by atoms with Crippen LogP contribution in [0, 0.1) is 0 Å². The van der Waals surface area contributed by atoms with E-state index in [1.807, 2.05) is 55.4 Å². The number of ketones is 1. The van der Waals surface area contributed by atoms with Gasteiger partial charge in [-0.25, -0.2) is 0 Å². The van der Waals surface area contributed by atoms with Crippen LogP contribution in [0.5, 0.6) is 0 Å². The molecule has 0 saturated heterocycles. The Morgan fingerprint density at radius 1 is 1.00 bits per heavy atom. The van der Waals surface area contributed by atoms with E-state index in [1.165, 1.54) is 0 Å². The second kappa shape index (κ2) is 12.9. The van der Waals surface area contributed by atoms with Gasteiger partial charge in [-0.3, -0.25) is 14.4 Å². The number of amides is 2. The highest BCUT2D eigenvalue weighted by Gasteiger charge is 2.27. The van der Waals surface area contributed by atoms with Gasteiger partial charge in [0.2, 0.25) is 5.78 Å². The Kier molecular flexibility index (Phi) is 9.61. The highest BCUT2D eigenvalue weighted by atomic mass is 16.5. The summed E-state index contributed by atoms with van der Waals surface area (Å²) in [7, 11) is 3.90. The van der Waals surface area contributed by atoms with E-state index < -0.39 is 23.6 Å². The van der Waals surface area contributed by atoms with Crippen molar-refractivity contribution in [3.05, 3.63) is 65.2 Å². The fraction of sp³-hybridized carbons (Fsp3) is 0.423. The monoisotopic (exact) mass is 467 g/mol. The van der Waals surface area contributed by atoms with Crippen LogP contribution in [0.4, 0.5) is 5.69 Å². The summed E-state index contributed by atoms with van der Waals surface area (Å²) >= 11 is 0. The van der Waals surface area contributed by atoms with Gasteiger partial charge in [-0.15, -0.1) is 0 Å². The van der Waals surface area contributed by atoms with Crippen LogP contribution in [-0.2, 0) is 32.2 Å². The van der Waals surface area contributed by atoms with Gasteiger partial charge in [-0.1, -0.05) is 30.3 Å². The molecule has 2 amide bonds. The highest BCUT2D eigenvalue weighted by Crippen LogP contribution is 2.14. The van der Waals surface area contributed by atoms with Crippen molar-refractivity contribution in [2.24, 2.45) is 0 Å². The average molecular weight is 468 g/mol. The molecule has 0 radical (unpaired) electrons. The van der Waals surface area contributed by atoms with Crippen LogP contribution in [-0.4, -0.2) is 57.6 Å². The zero-order chi connectivity index (χ0) is 24.3. The number of hydrogen-bond acceptors (Lipinski definition) is 6. The van der Waals surface area contributed by atoms with Gasteiger partial charge in [0.25, 0.3) is 11.8 Å². The number of anilines is 1. The summed E-state index contributed by atoms with van der Waals surface area (Å²) in [5.41, 5.74) is 3.07. The molecular formula is C26H33N3O5. The molecule has 182 valence electrons. The number of fused-ring (bicyclic) bond motifs is 1. The molecule has 0 saturated carbocycles. The van der Waals surface area contributed by atoms with E-state index >= 15 is 0 Å². The molecule has 1 aliphatic heterocycles. The Bertz CT molecular complexity index is 975. The van der Waals surface area contributed by atoms with Crippen molar-refractivity contribution >= 4 is 23.3 Å². The van der Waals surface area contributed by atoms with Gasteiger partial charge in [0.1, 0.15) is 0 Å². The van der Waals surface area contributed by atoms with Crippen molar-refractivity contribution in [3.63, 3.8) is 0 Å². The van der Waals surface area contributed by atoms with Crippen molar-refractivity contribution in [1.82, 2.24) is 10.6 Å². The molecular weight excluding hydrogens is 434 g/mol. The number of Topliss-reactive ketones (excluding diaryl/α,β-unsaturated/α-hetero) is 1. The summed E-state index contributed by atoms with van der Waals surface area (Å²) in [4.78, 5) is 40.6. The molecule has 1 unspecified atom stereocenters. The van der Waals surface area contributed by atoms with Crippen LogP contribution in [0.1, 0.15) is 40.7 Å². The Balaban J connectivity index is 1.67. The summed E-state index contributed by atoms with van der Waals surface area (Å²) in [5, 5.41) is 5.46. The maximum atomic E-state index is 13.0. The Morgan fingerprint density at radius 3 is 2.50 bits per heavy atom. The Labute approximate surface area is 200 Å². The molecule has 0 fully saturated rings. The van der Waals surface area contributed by atoms with Crippen LogP contribution in [0.2, 0.25) is 0 Å². The van der Waals surface area contributed by atoms with E-state index in [-0.39, 0.29) is 13.2 Å². The van der Waals surface area contributed by atoms with E-state index in [9.17, 15) is 14.4 Å². The lowest BCUT2D eigenvalue weighted by Crippen LogP contribution is -2.47. The largest absolute Gasteiger partial charge is 0.379 e. The smallest absolute Gasteiger partial charge is 0.289 e. The Morgan fingerprint density at radius 2 is 1.74 bits per heavy atom. The van der Waals surface area contributed by atoms with Crippen LogP contribution in [0.25, 0.3) is 0 Å². The standard InChI is InChI=1S/C26H33N3O5/c1-29(2)21-12-10-19(11-13-21)17-27-26(32)24(30)23-9-5-6-14-33-15-16-34-18-20-7-3-4-8-22(20)25(31)28-23/h3-4,7-8,10-13,23H,5-6,9,14-18H2,1-2H3,(H,27,32)(H,28,31). The first-order valence-electron chi connectivity index (χ1n) is 11.6. The Hall–Kier alpha value is -3.23. The van der Waals surface area contributed by atoms with Gasteiger partial charge < -0.3 is 25.0 Å². The summed E-state index contributed by atoms with van der Waals surface area (Å²) < 4.78 is 11.2. The number of carbonyl (C=O) groups is 3. The van der Waals surface area contributed by atoms with Crippen molar-refractivity contribution in [1.29, 1.82) is 0 Å². The molecule has 3 rings (SSSR count). The average Bonchev–Trinajstić information content (AvgIpc) is 2.85. The van der Waals surface area contributed by atoms with Gasteiger partial charge in [0.15, 0.2) is 0 Å². The lowest BCUT2D eigenvalue weighted by molar-refractivity contribution is -0.139. The number of carbonyl (C=O) groups excluding carboxylic acids is 3. The molecule has 2 aromatic carbocycles. The fourth-order valence-electron chi connectivity index (χ4n) is 3.67. The van der Waals surface area contributed by atoms with Crippen molar-refractivity contribution in [2.45, 2.75) is 38.5 Å². The number of rotatable bonds is 5. The first-order chi connectivity index (χ1) is 16.5. The number of nitrogens with one attached hydrogen (secondary N) is 2. The minimum atomic E-state index is -0.916. The normalized spacial score (nSPS) is 17.6. The fourth-order valence-corrected chi connectivity index (χ4v) is 3.67. The molecule has 2 aromatic rings. The molecule has 34 heavy (non-hydrogen) atoms. The molecule has 8 heteroatoms. The minimum absolute atomic E-state index is 0.229. The van der Waals surface area contributed by atoms with E-state index in [2.05, 4.69) is 10.6 Å². The van der Waals surface area contributed by atoms with Gasteiger partial charge in [0.05, 0.1) is 25.9 Å². The second-order valence-electron chi connectivity index (χ2n) is 8.45. The molecule has 8 nitrogen and oxygen atoms in total. The third-order valence-electron chi connectivity index (χ3n) is 5.67. The molecule has 0 aliphatic carbocycles. The van der Waals surface area contributed by atoms with E-state index in [1.54, 1.807) is 12.1 Å². The molecule has 2 N–H and O–H groups in total.